The summed E-state index contributed by atoms with van der Waals surface area (Å²) in [6, 6.07) is 28.3. The Morgan fingerprint density at radius 2 is 1.17 bits per heavy atom. The molecular formula is C25H26N2O3. The Labute approximate surface area is 177 Å². The lowest BCUT2D eigenvalue weighted by atomic mass is 10.1. The molecule has 3 aromatic rings. The minimum absolute atomic E-state index is 0.136. The first-order valence-corrected chi connectivity index (χ1v) is 9.92. The molecule has 2 N–H and O–H groups in total. The number of hydrogen-bond acceptors (Lipinski definition) is 4. The van der Waals surface area contributed by atoms with Gasteiger partial charge in [0, 0.05) is 36.2 Å². The van der Waals surface area contributed by atoms with Gasteiger partial charge in [-0.05, 0) is 48.0 Å². The lowest BCUT2D eigenvalue weighted by molar-refractivity contribution is -0.126. The number of hydrogen-bond donors (Lipinski definition) is 2. The third-order valence-electron chi connectivity index (χ3n) is 4.65. The van der Waals surface area contributed by atoms with Crippen LogP contribution >= 0.6 is 0 Å². The number of anilines is 3. The van der Waals surface area contributed by atoms with Crippen LogP contribution < -0.4 is 4.90 Å². The summed E-state index contributed by atoms with van der Waals surface area (Å²) in [6.45, 7) is 0.129. The Balaban J connectivity index is 1.81. The van der Waals surface area contributed by atoms with E-state index >= 15 is 0 Å². The maximum absolute atomic E-state index is 12.3. The average molecular weight is 402 g/mol. The highest BCUT2D eigenvalue weighted by molar-refractivity contribution is 5.92. The number of aliphatic hydroxyl groups is 2. The van der Waals surface area contributed by atoms with Gasteiger partial charge < -0.3 is 20.0 Å². The molecule has 0 aliphatic carbocycles. The molecule has 5 heteroatoms. The Morgan fingerprint density at radius 1 is 0.700 bits per heavy atom. The fraction of sp³-hybridized carbons (Fsp3) is 0.160. The first kappa shape index (κ1) is 21.3. The number of rotatable bonds is 9. The van der Waals surface area contributed by atoms with Crippen LogP contribution in [-0.4, -0.2) is 47.3 Å². The number of carbonyl (C=O) groups is 1. The predicted octanol–water partition coefficient (Wildman–Crippen LogP) is 3.98. The van der Waals surface area contributed by atoms with E-state index in [1.54, 1.807) is 6.08 Å². The van der Waals surface area contributed by atoms with Crippen LogP contribution in [0.15, 0.2) is 91.0 Å². The van der Waals surface area contributed by atoms with Gasteiger partial charge in [-0.15, -0.1) is 0 Å². The molecule has 0 atom stereocenters. The largest absolute Gasteiger partial charge is 0.395 e. The lowest BCUT2D eigenvalue weighted by Gasteiger charge is -2.25. The van der Waals surface area contributed by atoms with Crippen LogP contribution in [0.5, 0.6) is 0 Å². The van der Waals surface area contributed by atoms with Crippen LogP contribution in [0.25, 0.3) is 6.08 Å². The first-order chi connectivity index (χ1) is 14.7. The van der Waals surface area contributed by atoms with Gasteiger partial charge >= 0.3 is 0 Å². The highest BCUT2D eigenvalue weighted by atomic mass is 16.3. The van der Waals surface area contributed by atoms with Crippen molar-refractivity contribution in [2.45, 2.75) is 0 Å². The Kier molecular flexibility index (Phi) is 7.78. The lowest BCUT2D eigenvalue weighted by Crippen LogP contribution is -2.34. The molecule has 154 valence electrons. The van der Waals surface area contributed by atoms with Gasteiger partial charge in [0.25, 0.3) is 0 Å². The van der Waals surface area contributed by atoms with Crippen molar-refractivity contribution in [3.05, 3.63) is 96.6 Å². The van der Waals surface area contributed by atoms with Crippen molar-refractivity contribution in [3.63, 3.8) is 0 Å². The molecule has 0 aliphatic heterocycles. The molecule has 0 aliphatic rings. The molecule has 0 bridgehead atoms. The standard InChI is InChI=1S/C25H26N2O3/c28-19-17-26(18-20-29)25(30)16-13-21-11-14-24(15-12-21)27(22-7-3-1-4-8-22)23-9-5-2-6-10-23/h1-16,28-29H,17-20H2/b16-13+. The normalized spacial score (nSPS) is 10.9. The number of benzene rings is 3. The second-order valence-corrected chi connectivity index (χ2v) is 6.70. The van der Waals surface area contributed by atoms with Crippen molar-refractivity contribution < 1.29 is 15.0 Å². The minimum atomic E-state index is -0.239. The number of carbonyl (C=O) groups excluding carboxylic acids is 1. The molecule has 3 aromatic carbocycles. The third kappa shape index (κ3) is 5.56. The van der Waals surface area contributed by atoms with Crippen LogP contribution in [0.2, 0.25) is 0 Å². The van der Waals surface area contributed by atoms with Crippen molar-refractivity contribution >= 4 is 29.0 Å². The minimum Gasteiger partial charge on any atom is -0.395 e. The van der Waals surface area contributed by atoms with E-state index in [1.165, 1.54) is 11.0 Å². The first-order valence-electron chi connectivity index (χ1n) is 9.92. The van der Waals surface area contributed by atoms with Crippen molar-refractivity contribution in [1.82, 2.24) is 4.90 Å². The Hall–Kier alpha value is -3.41. The van der Waals surface area contributed by atoms with E-state index in [0.717, 1.165) is 22.6 Å². The molecule has 0 saturated heterocycles. The van der Waals surface area contributed by atoms with Gasteiger partial charge in [0.2, 0.25) is 5.91 Å². The summed E-state index contributed by atoms with van der Waals surface area (Å²) < 4.78 is 0. The summed E-state index contributed by atoms with van der Waals surface area (Å²) >= 11 is 0. The van der Waals surface area contributed by atoms with Crippen LogP contribution in [0, 0.1) is 0 Å². The zero-order chi connectivity index (χ0) is 21.2. The van der Waals surface area contributed by atoms with Gasteiger partial charge in [0.05, 0.1) is 13.2 Å². The summed E-state index contributed by atoms with van der Waals surface area (Å²) in [5.74, 6) is -0.239. The highest BCUT2D eigenvalue weighted by Gasteiger charge is 2.12. The SMILES string of the molecule is O=C(/C=C/c1ccc(N(c2ccccc2)c2ccccc2)cc1)N(CCO)CCO. The summed E-state index contributed by atoms with van der Waals surface area (Å²) in [7, 11) is 0. The topological polar surface area (TPSA) is 64.0 Å². The number of para-hydroxylation sites is 2. The van der Waals surface area contributed by atoms with Crippen molar-refractivity contribution in [1.29, 1.82) is 0 Å². The Morgan fingerprint density at radius 3 is 1.63 bits per heavy atom. The quantitative estimate of drug-likeness (QED) is 0.532. The van der Waals surface area contributed by atoms with Crippen LogP contribution in [0.4, 0.5) is 17.1 Å². The summed E-state index contributed by atoms with van der Waals surface area (Å²) in [5, 5.41) is 18.1. The number of amides is 1. The number of aliphatic hydroxyl groups excluding tert-OH is 2. The van der Waals surface area contributed by atoms with Gasteiger partial charge in [0.1, 0.15) is 0 Å². The van der Waals surface area contributed by atoms with Crippen LogP contribution in [-0.2, 0) is 4.79 Å². The molecule has 0 spiro atoms. The molecule has 0 unspecified atom stereocenters. The van der Waals surface area contributed by atoms with E-state index in [0.29, 0.717) is 0 Å². The maximum atomic E-state index is 12.3. The zero-order valence-corrected chi connectivity index (χ0v) is 16.8. The van der Waals surface area contributed by atoms with Crippen LogP contribution in [0.3, 0.4) is 0 Å². The maximum Gasteiger partial charge on any atom is 0.246 e. The second-order valence-electron chi connectivity index (χ2n) is 6.70. The number of nitrogens with zero attached hydrogens (tertiary/aromatic N) is 2. The molecule has 30 heavy (non-hydrogen) atoms. The molecule has 1 amide bonds. The summed E-state index contributed by atoms with van der Waals surface area (Å²) in [4.78, 5) is 15.8. The highest BCUT2D eigenvalue weighted by Crippen LogP contribution is 2.34. The van der Waals surface area contributed by atoms with Gasteiger partial charge in [-0.2, -0.15) is 0 Å². The van der Waals surface area contributed by atoms with Crippen LogP contribution in [0.1, 0.15) is 5.56 Å². The van der Waals surface area contributed by atoms with E-state index in [-0.39, 0.29) is 32.2 Å². The molecular weight excluding hydrogens is 376 g/mol. The Bertz CT molecular complexity index is 896. The molecule has 0 fully saturated rings. The van der Waals surface area contributed by atoms with Gasteiger partial charge in [-0.25, -0.2) is 0 Å². The monoisotopic (exact) mass is 402 g/mol. The summed E-state index contributed by atoms with van der Waals surface area (Å²) in [5.41, 5.74) is 4.02. The second kappa shape index (κ2) is 11.0. The molecule has 0 radical (unpaired) electrons. The van der Waals surface area contributed by atoms with Gasteiger partial charge in [0.15, 0.2) is 0 Å². The summed E-state index contributed by atoms with van der Waals surface area (Å²) in [6.07, 6.45) is 3.20. The molecule has 0 heterocycles. The van der Waals surface area contributed by atoms with Crippen molar-refractivity contribution in [2.24, 2.45) is 0 Å². The van der Waals surface area contributed by atoms with E-state index in [2.05, 4.69) is 29.2 Å². The smallest absolute Gasteiger partial charge is 0.246 e. The van der Waals surface area contributed by atoms with E-state index in [9.17, 15) is 4.79 Å². The average Bonchev–Trinajstić information content (AvgIpc) is 2.80. The van der Waals surface area contributed by atoms with Gasteiger partial charge in [-0.3, -0.25) is 4.79 Å². The molecule has 0 aromatic heterocycles. The fourth-order valence-electron chi connectivity index (χ4n) is 3.18. The van der Waals surface area contributed by atoms with E-state index in [4.69, 9.17) is 10.2 Å². The third-order valence-corrected chi connectivity index (χ3v) is 4.65. The van der Waals surface area contributed by atoms with Crippen molar-refractivity contribution in [2.75, 3.05) is 31.2 Å². The fourth-order valence-corrected chi connectivity index (χ4v) is 3.18. The predicted molar refractivity (Wildman–Crippen MR) is 121 cm³/mol. The zero-order valence-electron chi connectivity index (χ0n) is 16.8. The van der Waals surface area contributed by atoms with E-state index < -0.39 is 0 Å². The van der Waals surface area contributed by atoms with Crippen molar-refractivity contribution in [3.8, 4) is 0 Å². The van der Waals surface area contributed by atoms with E-state index in [1.807, 2.05) is 60.7 Å². The molecule has 3 rings (SSSR count). The molecule has 0 saturated carbocycles. The van der Waals surface area contributed by atoms with Gasteiger partial charge in [-0.1, -0.05) is 48.5 Å². The molecule has 5 nitrogen and oxygen atoms in total.